The number of piperazine rings is 1. The molecule has 0 spiro atoms. The highest BCUT2D eigenvalue weighted by Gasteiger charge is 2.28. The molecule has 0 atom stereocenters. The standard InChI is InChI=1S/C16H19N5O2.ClH/c1-19-10-14(9-18-19)21-7-6-20(11-16(21)23)15(22)8-12-2-4-13(17)5-3-12;/h2-5,9-10H,6-8,11,17H2,1H3;1H. The van der Waals surface area contributed by atoms with Gasteiger partial charge in [-0.05, 0) is 17.7 Å². The number of nitrogen functional groups attached to an aromatic ring is 1. The molecule has 0 bridgehead atoms. The minimum atomic E-state index is -0.0880. The lowest BCUT2D eigenvalue weighted by Gasteiger charge is -2.33. The Morgan fingerprint density at radius 1 is 1.25 bits per heavy atom. The molecule has 24 heavy (non-hydrogen) atoms. The van der Waals surface area contributed by atoms with E-state index in [1.165, 1.54) is 0 Å². The van der Waals surface area contributed by atoms with Crippen molar-refractivity contribution in [2.75, 3.05) is 30.3 Å². The van der Waals surface area contributed by atoms with Crippen LogP contribution in [-0.2, 0) is 23.1 Å². The molecule has 0 saturated carbocycles. The zero-order valence-corrected chi connectivity index (χ0v) is 14.2. The zero-order valence-electron chi connectivity index (χ0n) is 13.4. The van der Waals surface area contributed by atoms with Gasteiger partial charge in [0.25, 0.3) is 0 Å². The Hall–Kier alpha value is -2.54. The van der Waals surface area contributed by atoms with Gasteiger partial charge in [-0.1, -0.05) is 12.1 Å². The number of aryl methyl sites for hydroxylation is 1. The SMILES string of the molecule is Cl.Cn1cc(N2CCN(C(=O)Cc3ccc(N)cc3)CC2=O)cn1. The average Bonchev–Trinajstić information content (AvgIpc) is 2.95. The second-order valence-corrected chi connectivity index (χ2v) is 5.65. The maximum atomic E-state index is 12.4. The predicted octanol–water partition coefficient (Wildman–Crippen LogP) is 0.842. The summed E-state index contributed by atoms with van der Waals surface area (Å²) in [5.74, 6) is -0.135. The number of amides is 2. The van der Waals surface area contributed by atoms with Crippen LogP contribution in [0.5, 0.6) is 0 Å². The third kappa shape index (κ3) is 3.86. The summed E-state index contributed by atoms with van der Waals surface area (Å²) in [6.45, 7) is 1.11. The fraction of sp³-hybridized carbons (Fsp3) is 0.312. The van der Waals surface area contributed by atoms with E-state index in [1.807, 2.05) is 12.1 Å². The van der Waals surface area contributed by atoms with Gasteiger partial charge < -0.3 is 15.5 Å². The van der Waals surface area contributed by atoms with Gasteiger partial charge in [-0.25, -0.2) is 0 Å². The number of benzene rings is 1. The molecule has 8 heteroatoms. The lowest BCUT2D eigenvalue weighted by molar-refractivity contribution is -0.136. The number of anilines is 2. The first kappa shape index (κ1) is 17.8. The van der Waals surface area contributed by atoms with E-state index < -0.39 is 0 Å². The molecule has 1 aliphatic rings. The van der Waals surface area contributed by atoms with Crippen molar-refractivity contribution in [1.82, 2.24) is 14.7 Å². The molecule has 1 aliphatic heterocycles. The van der Waals surface area contributed by atoms with Crippen LogP contribution in [0.25, 0.3) is 0 Å². The number of nitrogens with two attached hydrogens (primary N) is 1. The van der Waals surface area contributed by atoms with Crippen LogP contribution in [0.2, 0.25) is 0 Å². The third-order valence-corrected chi connectivity index (χ3v) is 3.91. The molecule has 1 aromatic carbocycles. The quantitative estimate of drug-likeness (QED) is 0.832. The monoisotopic (exact) mass is 349 g/mol. The van der Waals surface area contributed by atoms with Crippen LogP contribution in [-0.4, -0.2) is 46.1 Å². The Morgan fingerprint density at radius 2 is 1.96 bits per heavy atom. The van der Waals surface area contributed by atoms with Crippen molar-refractivity contribution in [2.45, 2.75) is 6.42 Å². The molecule has 1 saturated heterocycles. The van der Waals surface area contributed by atoms with Crippen molar-refractivity contribution < 1.29 is 9.59 Å². The molecule has 0 unspecified atom stereocenters. The van der Waals surface area contributed by atoms with Crippen molar-refractivity contribution >= 4 is 35.6 Å². The Morgan fingerprint density at radius 3 is 2.54 bits per heavy atom. The molecule has 3 rings (SSSR count). The predicted molar refractivity (Wildman–Crippen MR) is 93.9 cm³/mol. The highest BCUT2D eigenvalue weighted by molar-refractivity contribution is 5.97. The van der Waals surface area contributed by atoms with Gasteiger partial charge in [-0.2, -0.15) is 5.10 Å². The number of nitrogens with zero attached hydrogens (tertiary/aromatic N) is 4. The molecule has 1 aromatic heterocycles. The summed E-state index contributed by atoms with van der Waals surface area (Å²) < 4.78 is 1.65. The summed E-state index contributed by atoms with van der Waals surface area (Å²) in [6, 6.07) is 7.21. The van der Waals surface area contributed by atoms with Crippen LogP contribution >= 0.6 is 12.4 Å². The molecule has 1 fully saturated rings. The van der Waals surface area contributed by atoms with Gasteiger partial charge in [0.1, 0.15) is 6.54 Å². The van der Waals surface area contributed by atoms with E-state index in [4.69, 9.17) is 5.73 Å². The topological polar surface area (TPSA) is 84.5 Å². The maximum absolute atomic E-state index is 12.4. The highest BCUT2D eigenvalue weighted by Crippen LogP contribution is 2.17. The third-order valence-electron chi connectivity index (χ3n) is 3.91. The Kier molecular flexibility index (Phi) is 5.46. The van der Waals surface area contributed by atoms with Crippen LogP contribution in [0.15, 0.2) is 36.7 Å². The number of carbonyl (C=O) groups excluding carboxylic acids is 2. The smallest absolute Gasteiger partial charge is 0.246 e. The lowest BCUT2D eigenvalue weighted by Crippen LogP contribution is -2.52. The van der Waals surface area contributed by atoms with Crippen molar-refractivity contribution in [1.29, 1.82) is 0 Å². The number of hydrogen-bond acceptors (Lipinski definition) is 4. The van der Waals surface area contributed by atoms with E-state index in [2.05, 4.69) is 5.10 Å². The van der Waals surface area contributed by atoms with E-state index >= 15 is 0 Å². The van der Waals surface area contributed by atoms with Crippen molar-refractivity contribution in [3.63, 3.8) is 0 Å². The Labute approximate surface area is 146 Å². The van der Waals surface area contributed by atoms with Gasteiger partial charge in [0.2, 0.25) is 11.8 Å². The molecular weight excluding hydrogens is 330 g/mol. The first-order valence-electron chi connectivity index (χ1n) is 7.44. The van der Waals surface area contributed by atoms with Gasteiger partial charge in [0.15, 0.2) is 0 Å². The summed E-state index contributed by atoms with van der Waals surface area (Å²) in [5.41, 5.74) is 7.97. The van der Waals surface area contributed by atoms with Crippen molar-refractivity contribution in [3.8, 4) is 0 Å². The van der Waals surface area contributed by atoms with Gasteiger partial charge in [0.05, 0.1) is 18.3 Å². The number of hydrogen-bond donors (Lipinski definition) is 1. The second-order valence-electron chi connectivity index (χ2n) is 5.65. The van der Waals surface area contributed by atoms with Gasteiger partial charge in [0, 0.05) is 32.0 Å². The number of halogens is 1. The first-order chi connectivity index (χ1) is 11.0. The number of rotatable bonds is 3. The minimum Gasteiger partial charge on any atom is -0.399 e. The number of carbonyl (C=O) groups is 2. The molecule has 2 amide bonds. The van der Waals surface area contributed by atoms with E-state index in [0.717, 1.165) is 11.3 Å². The zero-order chi connectivity index (χ0) is 16.4. The van der Waals surface area contributed by atoms with Crippen LogP contribution in [0.1, 0.15) is 5.56 Å². The van der Waals surface area contributed by atoms with E-state index in [9.17, 15) is 9.59 Å². The fourth-order valence-corrected chi connectivity index (χ4v) is 2.63. The first-order valence-corrected chi connectivity index (χ1v) is 7.44. The fourth-order valence-electron chi connectivity index (χ4n) is 2.63. The minimum absolute atomic E-state index is 0. The maximum Gasteiger partial charge on any atom is 0.246 e. The molecule has 7 nitrogen and oxygen atoms in total. The van der Waals surface area contributed by atoms with Crippen molar-refractivity contribution in [2.24, 2.45) is 7.05 Å². The van der Waals surface area contributed by atoms with Crippen LogP contribution < -0.4 is 10.6 Å². The Bertz CT molecular complexity index is 728. The highest BCUT2D eigenvalue weighted by atomic mass is 35.5. The molecule has 0 aliphatic carbocycles. The van der Waals surface area contributed by atoms with Crippen molar-refractivity contribution in [3.05, 3.63) is 42.2 Å². The molecule has 128 valence electrons. The normalized spacial score (nSPS) is 14.5. The van der Waals surface area contributed by atoms with E-state index in [0.29, 0.717) is 18.8 Å². The summed E-state index contributed by atoms with van der Waals surface area (Å²) in [4.78, 5) is 27.9. The molecule has 2 N–H and O–H groups in total. The lowest BCUT2D eigenvalue weighted by atomic mass is 10.1. The van der Waals surface area contributed by atoms with Crippen LogP contribution in [0.4, 0.5) is 11.4 Å². The summed E-state index contributed by atoms with van der Waals surface area (Å²) in [5, 5.41) is 4.08. The van der Waals surface area contributed by atoms with Crippen LogP contribution in [0.3, 0.4) is 0 Å². The van der Waals surface area contributed by atoms with Gasteiger partial charge in [-0.15, -0.1) is 12.4 Å². The largest absolute Gasteiger partial charge is 0.399 e. The van der Waals surface area contributed by atoms with E-state index in [-0.39, 0.29) is 37.2 Å². The molecule has 0 radical (unpaired) electrons. The second kappa shape index (κ2) is 7.35. The van der Waals surface area contributed by atoms with E-state index in [1.54, 1.807) is 46.1 Å². The summed E-state index contributed by atoms with van der Waals surface area (Å²) in [7, 11) is 1.81. The average molecular weight is 350 g/mol. The summed E-state index contributed by atoms with van der Waals surface area (Å²) >= 11 is 0. The Balaban J connectivity index is 0.00000208. The molecule has 2 heterocycles. The molecule has 2 aromatic rings. The molecular formula is C16H20ClN5O2. The van der Waals surface area contributed by atoms with Crippen LogP contribution in [0, 0.1) is 0 Å². The summed E-state index contributed by atoms with van der Waals surface area (Å²) in [6.07, 6.45) is 3.73. The van der Waals surface area contributed by atoms with Gasteiger partial charge >= 0.3 is 0 Å². The number of aromatic nitrogens is 2. The van der Waals surface area contributed by atoms with Gasteiger partial charge in [-0.3, -0.25) is 14.3 Å².